The molecule has 2 heterocycles. The third kappa shape index (κ3) is 1.86. The van der Waals surface area contributed by atoms with Crippen LogP contribution < -0.4 is 0 Å². The van der Waals surface area contributed by atoms with Gasteiger partial charge in [-0.15, -0.1) is 0 Å². The van der Waals surface area contributed by atoms with E-state index < -0.39 is 17.7 Å². The van der Waals surface area contributed by atoms with Crippen molar-refractivity contribution in [3.63, 3.8) is 0 Å². The van der Waals surface area contributed by atoms with Gasteiger partial charge in [-0.2, -0.15) is 0 Å². The molecule has 2 aromatic rings. The number of para-hydroxylation sites is 1. The van der Waals surface area contributed by atoms with Gasteiger partial charge in [-0.1, -0.05) is 18.2 Å². The minimum atomic E-state index is -0.627. The molecule has 0 aliphatic carbocycles. The molecule has 104 valence electrons. The quantitative estimate of drug-likeness (QED) is 0.692. The summed E-state index contributed by atoms with van der Waals surface area (Å²) in [7, 11) is 0. The first-order valence-corrected chi connectivity index (χ1v) is 6.41. The molecule has 1 aliphatic heterocycles. The van der Waals surface area contributed by atoms with E-state index in [9.17, 15) is 9.59 Å². The summed E-state index contributed by atoms with van der Waals surface area (Å²) in [4.78, 5) is 24.2. The summed E-state index contributed by atoms with van der Waals surface area (Å²) in [5.74, 6) is -0.484. The molecule has 0 atom stereocenters. The first kappa shape index (κ1) is 12.7. The van der Waals surface area contributed by atoms with Gasteiger partial charge in [0.1, 0.15) is 17.9 Å². The van der Waals surface area contributed by atoms with Crippen LogP contribution in [0.2, 0.25) is 0 Å². The summed E-state index contributed by atoms with van der Waals surface area (Å²) in [5, 5.41) is 0.846. The lowest BCUT2D eigenvalue weighted by atomic mass is 10.1. The number of carbonyl (C=O) groups excluding carboxylic acids is 2. The van der Waals surface area contributed by atoms with Gasteiger partial charge in [0, 0.05) is 10.9 Å². The fraction of sp³-hybridized carbons (Fsp3) is 0.333. The Morgan fingerprint density at radius 2 is 2.00 bits per heavy atom. The molecule has 0 fully saturated rings. The molecule has 3 rings (SSSR count). The van der Waals surface area contributed by atoms with E-state index in [4.69, 9.17) is 9.47 Å². The smallest absolute Gasteiger partial charge is 0.419 e. The number of carbonyl (C=O) groups is 2. The van der Waals surface area contributed by atoms with Gasteiger partial charge in [-0.25, -0.2) is 14.2 Å². The van der Waals surface area contributed by atoms with E-state index in [1.165, 1.54) is 4.57 Å². The van der Waals surface area contributed by atoms with Crippen molar-refractivity contribution in [1.82, 2.24) is 4.57 Å². The average molecular weight is 273 g/mol. The summed E-state index contributed by atoms with van der Waals surface area (Å²) in [5.41, 5.74) is 1.07. The summed E-state index contributed by atoms with van der Waals surface area (Å²) < 4.78 is 11.7. The number of hydrogen-bond donors (Lipinski definition) is 0. The maximum absolute atomic E-state index is 12.4. The van der Waals surface area contributed by atoms with Crippen LogP contribution in [0.4, 0.5) is 4.79 Å². The Hall–Kier alpha value is -2.30. The summed E-state index contributed by atoms with van der Waals surface area (Å²) >= 11 is 0. The van der Waals surface area contributed by atoms with Crippen LogP contribution in [0.25, 0.3) is 10.9 Å². The van der Waals surface area contributed by atoms with Crippen molar-refractivity contribution >= 4 is 23.0 Å². The Morgan fingerprint density at radius 1 is 1.30 bits per heavy atom. The second kappa shape index (κ2) is 4.10. The van der Waals surface area contributed by atoms with Gasteiger partial charge >= 0.3 is 12.1 Å². The zero-order valence-corrected chi connectivity index (χ0v) is 11.6. The highest BCUT2D eigenvalue weighted by Crippen LogP contribution is 2.32. The van der Waals surface area contributed by atoms with E-state index in [-0.39, 0.29) is 12.3 Å². The maximum atomic E-state index is 12.4. The molecule has 20 heavy (non-hydrogen) atoms. The lowest BCUT2D eigenvalue weighted by molar-refractivity contribution is 0.0471. The molecule has 0 unspecified atom stereocenters. The number of benzene rings is 1. The molecule has 0 saturated heterocycles. The minimum Gasteiger partial charge on any atom is -0.456 e. The van der Waals surface area contributed by atoms with E-state index in [0.717, 1.165) is 10.9 Å². The second-order valence-electron chi connectivity index (χ2n) is 5.74. The number of hydrogen-bond acceptors (Lipinski definition) is 4. The molecule has 1 aliphatic rings. The van der Waals surface area contributed by atoms with Crippen LogP contribution in [0.3, 0.4) is 0 Å². The monoisotopic (exact) mass is 273 g/mol. The highest BCUT2D eigenvalue weighted by atomic mass is 16.6. The number of rotatable bonds is 0. The van der Waals surface area contributed by atoms with Crippen molar-refractivity contribution in [3.8, 4) is 0 Å². The number of ether oxygens (including phenoxy) is 2. The van der Waals surface area contributed by atoms with Crippen LogP contribution in [0.5, 0.6) is 0 Å². The molecular formula is C15H15NO4. The summed E-state index contributed by atoms with van der Waals surface area (Å²) in [6, 6.07) is 7.36. The lowest BCUT2D eigenvalue weighted by Crippen LogP contribution is -2.28. The first-order chi connectivity index (χ1) is 9.38. The third-order valence-electron chi connectivity index (χ3n) is 3.10. The van der Waals surface area contributed by atoms with Crippen LogP contribution in [0.1, 0.15) is 36.8 Å². The van der Waals surface area contributed by atoms with Crippen LogP contribution in [0.15, 0.2) is 24.3 Å². The molecule has 1 aromatic carbocycles. The summed E-state index contributed by atoms with van der Waals surface area (Å²) in [6.07, 6.45) is -0.561. The normalized spacial score (nSPS) is 14.2. The average Bonchev–Trinajstić information content (AvgIpc) is 2.86. The third-order valence-corrected chi connectivity index (χ3v) is 3.10. The molecule has 0 saturated carbocycles. The van der Waals surface area contributed by atoms with E-state index >= 15 is 0 Å². The fourth-order valence-corrected chi connectivity index (χ4v) is 2.37. The first-order valence-electron chi connectivity index (χ1n) is 6.41. The molecule has 0 bridgehead atoms. The Balaban J connectivity index is 2.22. The standard InChI is InChI=1S/C15H15NO4/c1-15(2,3)20-14(18)16-11-7-5-4-6-9(11)10-8-19-13(17)12(10)16/h4-7H,8H2,1-3H3. The Labute approximate surface area is 116 Å². The molecule has 0 N–H and O–H groups in total. The van der Waals surface area contributed by atoms with Gasteiger partial charge < -0.3 is 9.47 Å². The van der Waals surface area contributed by atoms with Crippen molar-refractivity contribution in [3.05, 3.63) is 35.5 Å². The maximum Gasteiger partial charge on any atom is 0.419 e. The van der Waals surface area contributed by atoms with Gasteiger partial charge in [-0.05, 0) is 26.8 Å². The second-order valence-corrected chi connectivity index (χ2v) is 5.74. The van der Waals surface area contributed by atoms with Gasteiger partial charge in [0.2, 0.25) is 0 Å². The Kier molecular flexibility index (Phi) is 2.61. The van der Waals surface area contributed by atoms with Crippen molar-refractivity contribution in [2.24, 2.45) is 0 Å². The van der Waals surface area contributed by atoms with Gasteiger partial charge in [0.25, 0.3) is 0 Å². The molecule has 5 nitrogen and oxygen atoms in total. The lowest BCUT2D eigenvalue weighted by Gasteiger charge is -2.20. The van der Waals surface area contributed by atoms with Crippen LogP contribution in [-0.4, -0.2) is 22.2 Å². The van der Waals surface area contributed by atoms with Crippen molar-refractivity contribution in [1.29, 1.82) is 0 Å². The number of nitrogens with zero attached hydrogens (tertiary/aromatic N) is 1. The van der Waals surface area contributed by atoms with E-state index in [0.29, 0.717) is 5.52 Å². The van der Waals surface area contributed by atoms with Crippen molar-refractivity contribution in [2.45, 2.75) is 33.0 Å². The number of cyclic esters (lactones) is 1. The molecule has 0 spiro atoms. The molecular weight excluding hydrogens is 258 g/mol. The SMILES string of the molecule is CC(C)(C)OC(=O)n1c2c(c3ccccc31)COC2=O. The molecule has 0 radical (unpaired) electrons. The zero-order chi connectivity index (χ0) is 14.5. The Morgan fingerprint density at radius 3 is 2.70 bits per heavy atom. The predicted molar refractivity (Wildman–Crippen MR) is 72.7 cm³/mol. The number of fused-ring (bicyclic) bond motifs is 3. The van der Waals surface area contributed by atoms with E-state index in [1.54, 1.807) is 26.8 Å². The summed E-state index contributed by atoms with van der Waals surface area (Å²) in [6.45, 7) is 5.56. The van der Waals surface area contributed by atoms with E-state index in [1.807, 2.05) is 18.2 Å². The highest BCUT2D eigenvalue weighted by molar-refractivity contribution is 6.06. The van der Waals surface area contributed by atoms with Crippen LogP contribution in [-0.2, 0) is 16.1 Å². The van der Waals surface area contributed by atoms with Crippen LogP contribution >= 0.6 is 0 Å². The van der Waals surface area contributed by atoms with Gasteiger partial charge in [0.05, 0.1) is 5.52 Å². The topological polar surface area (TPSA) is 57.5 Å². The number of esters is 1. The highest BCUT2D eigenvalue weighted by Gasteiger charge is 2.33. The molecule has 1 aromatic heterocycles. The van der Waals surface area contributed by atoms with Crippen molar-refractivity contribution in [2.75, 3.05) is 0 Å². The molecule has 5 heteroatoms. The minimum absolute atomic E-state index is 0.199. The van der Waals surface area contributed by atoms with Gasteiger partial charge in [0.15, 0.2) is 0 Å². The Bertz CT molecular complexity index is 721. The largest absolute Gasteiger partial charge is 0.456 e. The van der Waals surface area contributed by atoms with Crippen molar-refractivity contribution < 1.29 is 19.1 Å². The predicted octanol–water partition coefficient (Wildman–Crippen LogP) is 3.09. The zero-order valence-electron chi connectivity index (χ0n) is 11.6. The van der Waals surface area contributed by atoms with Crippen LogP contribution in [0, 0.1) is 0 Å². The van der Waals surface area contributed by atoms with Gasteiger partial charge in [-0.3, -0.25) is 0 Å². The van der Waals surface area contributed by atoms with E-state index in [2.05, 4.69) is 0 Å². The fourth-order valence-electron chi connectivity index (χ4n) is 2.37. The molecule has 0 amide bonds. The number of aromatic nitrogens is 1.